The summed E-state index contributed by atoms with van der Waals surface area (Å²) in [6, 6.07) is 11.2. The largest absolute Gasteiger partial charge is 0.488 e. The topological polar surface area (TPSA) is 46.5 Å². The Labute approximate surface area is 126 Å². The van der Waals surface area contributed by atoms with Crippen LogP contribution in [-0.4, -0.2) is 11.1 Å². The molecule has 2 aromatic carbocycles. The third kappa shape index (κ3) is 3.39. The van der Waals surface area contributed by atoms with Crippen molar-refractivity contribution in [3.05, 3.63) is 63.1 Å². The van der Waals surface area contributed by atoms with Crippen LogP contribution in [-0.2, 0) is 6.61 Å². The average Bonchev–Trinajstić information content (AvgIpc) is 2.39. The molecule has 0 aliphatic carbocycles. The zero-order valence-corrected chi connectivity index (χ0v) is 12.9. The zero-order valence-electron chi connectivity index (χ0n) is 11.3. The van der Waals surface area contributed by atoms with Crippen LogP contribution in [0.4, 0.5) is 0 Å². The summed E-state index contributed by atoms with van der Waals surface area (Å²) < 4.78 is 6.85. The minimum Gasteiger partial charge on any atom is -0.488 e. The number of carbonyl (C=O) groups is 1. The van der Waals surface area contributed by atoms with Crippen LogP contribution < -0.4 is 4.74 Å². The van der Waals surface area contributed by atoms with Gasteiger partial charge in [0.25, 0.3) is 0 Å². The fourth-order valence-electron chi connectivity index (χ4n) is 2.04. The maximum absolute atomic E-state index is 11.0. The van der Waals surface area contributed by atoms with Gasteiger partial charge in [0.2, 0.25) is 0 Å². The Morgan fingerprint density at radius 3 is 2.20 bits per heavy atom. The summed E-state index contributed by atoms with van der Waals surface area (Å²) in [6.45, 7) is 4.17. The number of hydrogen-bond donors (Lipinski definition) is 1. The van der Waals surface area contributed by atoms with Crippen molar-refractivity contribution in [3.63, 3.8) is 0 Å². The van der Waals surface area contributed by atoms with E-state index in [1.165, 1.54) is 0 Å². The fraction of sp³-hybridized carbons (Fsp3) is 0.188. The van der Waals surface area contributed by atoms with E-state index in [1.807, 2.05) is 38.1 Å². The third-order valence-electron chi connectivity index (χ3n) is 3.00. The van der Waals surface area contributed by atoms with E-state index in [0.29, 0.717) is 6.61 Å². The normalized spacial score (nSPS) is 10.3. The van der Waals surface area contributed by atoms with Crippen LogP contribution in [0.5, 0.6) is 5.75 Å². The third-order valence-corrected chi connectivity index (χ3v) is 3.53. The molecule has 0 radical (unpaired) electrons. The minimum absolute atomic E-state index is 0.288. The summed E-state index contributed by atoms with van der Waals surface area (Å²) in [4.78, 5) is 11.0. The molecule has 1 N–H and O–H groups in total. The van der Waals surface area contributed by atoms with Gasteiger partial charge in [-0.1, -0.05) is 28.1 Å². The van der Waals surface area contributed by atoms with Crippen molar-refractivity contribution in [3.8, 4) is 5.75 Å². The second-order valence-electron chi connectivity index (χ2n) is 4.66. The van der Waals surface area contributed by atoms with Crippen molar-refractivity contribution in [1.29, 1.82) is 0 Å². The quantitative estimate of drug-likeness (QED) is 0.904. The number of benzene rings is 2. The first-order valence-electron chi connectivity index (χ1n) is 6.19. The summed E-state index contributed by atoms with van der Waals surface area (Å²) in [5, 5.41) is 9.01. The summed E-state index contributed by atoms with van der Waals surface area (Å²) in [5.74, 6) is -0.173. The van der Waals surface area contributed by atoms with Crippen molar-refractivity contribution in [2.45, 2.75) is 20.5 Å². The molecule has 0 aliphatic rings. The first-order chi connectivity index (χ1) is 9.47. The van der Waals surface area contributed by atoms with Crippen LogP contribution in [0.25, 0.3) is 0 Å². The maximum Gasteiger partial charge on any atom is 0.335 e. The molecule has 0 saturated carbocycles. The van der Waals surface area contributed by atoms with Gasteiger partial charge in [-0.05, 0) is 54.8 Å². The van der Waals surface area contributed by atoms with Crippen molar-refractivity contribution >= 4 is 21.9 Å². The maximum atomic E-state index is 11.0. The van der Waals surface area contributed by atoms with E-state index >= 15 is 0 Å². The average molecular weight is 335 g/mol. The molecule has 0 unspecified atom stereocenters. The SMILES string of the molecule is Cc1cc(C(=O)O)cc(C)c1OCc1ccc(Br)cc1. The van der Waals surface area contributed by atoms with E-state index in [0.717, 1.165) is 26.9 Å². The Balaban J connectivity index is 2.17. The highest BCUT2D eigenvalue weighted by molar-refractivity contribution is 9.10. The number of rotatable bonds is 4. The van der Waals surface area contributed by atoms with Gasteiger partial charge in [-0.2, -0.15) is 0 Å². The number of ether oxygens (including phenoxy) is 1. The van der Waals surface area contributed by atoms with Gasteiger partial charge in [0.1, 0.15) is 12.4 Å². The molecule has 0 aromatic heterocycles. The number of aromatic carboxylic acids is 1. The summed E-state index contributed by atoms with van der Waals surface area (Å²) in [6.07, 6.45) is 0. The van der Waals surface area contributed by atoms with Crippen LogP contribution in [0.3, 0.4) is 0 Å². The lowest BCUT2D eigenvalue weighted by molar-refractivity contribution is 0.0696. The van der Waals surface area contributed by atoms with Gasteiger partial charge in [0.15, 0.2) is 0 Å². The molecule has 0 aliphatic heterocycles. The standard InChI is InChI=1S/C16H15BrO3/c1-10-7-13(16(18)19)8-11(2)15(10)20-9-12-3-5-14(17)6-4-12/h3-8H,9H2,1-2H3,(H,18,19). The Kier molecular flexibility index (Phi) is 4.45. The van der Waals surface area contributed by atoms with E-state index in [9.17, 15) is 4.79 Å². The fourth-order valence-corrected chi connectivity index (χ4v) is 2.30. The van der Waals surface area contributed by atoms with E-state index in [-0.39, 0.29) is 5.56 Å². The molecule has 0 fully saturated rings. The molecular weight excluding hydrogens is 320 g/mol. The number of hydrogen-bond acceptors (Lipinski definition) is 2. The highest BCUT2D eigenvalue weighted by Gasteiger charge is 2.10. The zero-order chi connectivity index (χ0) is 14.7. The van der Waals surface area contributed by atoms with Gasteiger partial charge in [-0.25, -0.2) is 4.79 Å². The Morgan fingerprint density at radius 1 is 1.15 bits per heavy atom. The van der Waals surface area contributed by atoms with Crippen LogP contribution >= 0.6 is 15.9 Å². The van der Waals surface area contributed by atoms with Crippen molar-refractivity contribution in [1.82, 2.24) is 0 Å². The van der Waals surface area contributed by atoms with Gasteiger partial charge in [-0.3, -0.25) is 0 Å². The second kappa shape index (κ2) is 6.09. The molecule has 0 spiro atoms. The van der Waals surface area contributed by atoms with E-state index in [2.05, 4.69) is 15.9 Å². The number of aryl methyl sites for hydroxylation is 2. The van der Waals surface area contributed by atoms with Crippen LogP contribution in [0.1, 0.15) is 27.0 Å². The second-order valence-corrected chi connectivity index (χ2v) is 5.58. The lowest BCUT2D eigenvalue weighted by atomic mass is 10.1. The molecule has 4 heteroatoms. The molecule has 104 valence electrons. The molecule has 0 saturated heterocycles. The van der Waals surface area contributed by atoms with Crippen molar-refractivity contribution in [2.75, 3.05) is 0 Å². The van der Waals surface area contributed by atoms with Gasteiger partial charge >= 0.3 is 5.97 Å². The van der Waals surface area contributed by atoms with Crippen LogP contribution in [0.2, 0.25) is 0 Å². The molecule has 2 aromatic rings. The molecule has 3 nitrogen and oxygen atoms in total. The molecule has 0 heterocycles. The predicted octanol–water partition coefficient (Wildman–Crippen LogP) is 4.34. The predicted molar refractivity (Wildman–Crippen MR) is 81.3 cm³/mol. The Bertz CT molecular complexity index is 610. The minimum atomic E-state index is -0.921. The Hall–Kier alpha value is -1.81. The number of carboxylic acids is 1. The smallest absolute Gasteiger partial charge is 0.335 e. The molecule has 0 bridgehead atoms. The van der Waals surface area contributed by atoms with Crippen LogP contribution in [0, 0.1) is 13.8 Å². The van der Waals surface area contributed by atoms with Crippen molar-refractivity contribution < 1.29 is 14.6 Å². The van der Waals surface area contributed by atoms with Crippen LogP contribution in [0.15, 0.2) is 40.9 Å². The van der Waals surface area contributed by atoms with Gasteiger partial charge < -0.3 is 9.84 Å². The monoisotopic (exact) mass is 334 g/mol. The molecule has 0 amide bonds. The molecule has 0 atom stereocenters. The molecule has 20 heavy (non-hydrogen) atoms. The number of halogens is 1. The molecular formula is C16H15BrO3. The van der Waals surface area contributed by atoms with E-state index in [1.54, 1.807) is 12.1 Å². The van der Waals surface area contributed by atoms with Gasteiger partial charge in [0, 0.05) is 4.47 Å². The highest BCUT2D eigenvalue weighted by Crippen LogP contribution is 2.26. The highest BCUT2D eigenvalue weighted by atomic mass is 79.9. The summed E-state index contributed by atoms with van der Waals surface area (Å²) in [7, 11) is 0. The van der Waals surface area contributed by atoms with Gasteiger partial charge in [0.05, 0.1) is 5.56 Å². The van der Waals surface area contributed by atoms with Crippen molar-refractivity contribution in [2.24, 2.45) is 0 Å². The number of carboxylic acid groups (broad SMARTS) is 1. The van der Waals surface area contributed by atoms with Gasteiger partial charge in [-0.15, -0.1) is 0 Å². The molecule has 2 rings (SSSR count). The first-order valence-corrected chi connectivity index (χ1v) is 6.98. The summed E-state index contributed by atoms with van der Waals surface area (Å²) >= 11 is 3.39. The summed E-state index contributed by atoms with van der Waals surface area (Å²) in [5.41, 5.74) is 3.02. The van der Waals surface area contributed by atoms with E-state index < -0.39 is 5.97 Å². The lowest BCUT2D eigenvalue weighted by Crippen LogP contribution is -2.02. The Morgan fingerprint density at radius 2 is 1.70 bits per heavy atom. The van der Waals surface area contributed by atoms with E-state index in [4.69, 9.17) is 9.84 Å². The first kappa shape index (κ1) is 14.6. The lowest BCUT2D eigenvalue weighted by Gasteiger charge is -2.13.